The first-order valence-corrected chi connectivity index (χ1v) is 6.56. The highest BCUT2D eigenvalue weighted by molar-refractivity contribution is 9.10. The molecule has 0 aliphatic heterocycles. The molecule has 0 aliphatic rings. The lowest BCUT2D eigenvalue weighted by atomic mass is 10.1. The number of hydrogen-bond donors (Lipinski definition) is 0. The normalized spacial score (nSPS) is 11.6. The monoisotopic (exact) mass is 314 g/mol. The van der Waals surface area contributed by atoms with Gasteiger partial charge < -0.3 is 8.83 Å². The summed E-state index contributed by atoms with van der Waals surface area (Å²) in [7, 11) is 0. The minimum atomic E-state index is -0.0272. The molecule has 0 saturated heterocycles. The van der Waals surface area contributed by atoms with Gasteiger partial charge >= 0.3 is 0 Å². The third kappa shape index (κ3) is 1.40. The summed E-state index contributed by atoms with van der Waals surface area (Å²) in [6, 6.07) is 10.9. The van der Waals surface area contributed by atoms with Crippen LogP contribution in [0.4, 0.5) is 0 Å². The van der Waals surface area contributed by atoms with Crippen molar-refractivity contribution in [2.24, 2.45) is 0 Å². The van der Waals surface area contributed by atoms with Gasteiger partial charge in [-0.25, -0.2) is 0 Å². The number of hydrogen-bond acceptors (Lipinski definition) is 3. The molecule has 2 aromatic heterocycles. The van der Waals surface area contributed by atoms with Crippen LogP contribution in [0.15, 0.2) is 60.8 Å². The van der Waals surface area contributed by atoms with Crippen LogP contribution < -0.4 is 5.43 Å². The van der Waals surface area contributed by atoms with Crippen molar-refractivity contribution in [1.82, 2.24) is 0 Å². The Hall–Kier alpha value is -2.07. The molecular weight excluding hydrogens is 308 g/mol. The largest absolute Gasteiger partial charge is 0.463 e. The summed E-state index contributed by atoms with van der Waals surface area (Å²) in [5.41, 5.74) is 1.75. The molecular formula is C15H7BrO3. The molecule has 3 nitrogen and oxygen atoms in total. The predicted molar refractivity (Wildman–Crippen MR) is 77.5 cm³/mol. The molecule has 0 amide bonds. The van der Waals surface area contributed by atoms with Gasteiger partial charge in [-0.3, -0.25) is 4.79 Å². The number of benzene rings is 2. The number of furan rings is 1. The summed E-state index contributed by atoms with van der Waals surface area (Å²) < 4.78 is 11.9. The van der Waals surface area contributed by atoms with Gasteiger partial charge in [0.2, 0.25) is 5.43 Å². The smallest absolute Gasteiger partial charge is 0.200 e. The molecule has 0 fully saturated rings. The Morgan fingerprint density at radius 2 is 1.84 bits per heavy atom. The molecule has 0 spiro atoms. The van der Waals surface area contributed by atoms with E-state index in [9.17, 15) is 4.79 Å². The zero-order valence-electron chi connectivity index (χ0n) is 9.64. The molecule has 19 heavy (non-hydrogen) atoms. The Bertz CT molecular complexity index is 995. The standard InChI is InChI=1S/C15H7BrO3/c16-12-14-8(5-6-18-14)7-10-13(17)9-3-1-2-4-11(9)19-15(10)12/h1-7H. The van der Waals surface area contributed by atoms with E-state index in [1.807, 2.05) is 18.2 Å². The molecule has 0 bridgehead atoms. The first-order chi connectivity index (χ1) is 9.25. The van der Waals surface area contributed by atoms with E-state index in [0.717, 1.165) is 5.39 Å². The number of rotatable bonds is 0. The quantitative estimate of drug-likeness (QED) is 0.450. The number of fused-ring (bicyclic) bond motifs is 3. The van der Waals surface area contributed by atoms with Crippen molar-refractivity contribution < 1.29 is 8.83 Å². The van der Waals surface area contributed by atoms with Gasteiger partial charge in [-0.15, -0.1) is 0 Å². The van der Waals surface area contributed by atoms with Crippen LogP contribution in [0.3, 0.4) is 0 Å². The number of halogens is 1. The average molecular weight is 315 g/mol. The van der Waals surface area contributed by atoms with Crippen molar-refractivity contribution in [3.05, 3.63) is 57.4 Å². The van der Waals surface area contributed by atoms with Crippen molar-refractivity contribution in [2.45, 2.75) is 0 Å². The Labute approximate surface area is 115 Å². The van der Waals surface area contributed by atoms with Crippen molar-refractivity contribution in [3.63, 3.8) is 0 Å². The second kappa shape index (κ2) is 3.71. The van der Waals surface area contributed by atoms with Gasteiger partial charge in [-0.2, -0.15) is 0 Å². The number of para-hydroxylation sites is 1. The van der Waals surface area contributed by atoms with Crippen molar-refractivity contribution >= 4 is 48.8 Å². The maximum atomic E-state index is 12.5. The first kappa shape index (κ1) is 10.8. The highest BCUT2D eigenvalue weighted by Gasteiger charge is 2.14. The van der Waals surface area contributed by atoms with Crippen LogP contribution in [0, 0.1) is 0 Å². The third-order valence-corrected chi connectivity index (χ3v) is 3.95. The highest BCUT2D eigenvalue weighted by atomic mass is 79.9. The van der Waals surface area contributed by atoms with Crippen LogP contribution in [0.25, 0.3) is 32.9 Å². The van der Waals surface area contributed by atoms with Crippen LogP contribution in [0.5, 0.6) is 0 Å². The molecule has 0 atom stereocenters. The van der Waals surface area contributed by atoms with E-state index in [-0.39, 0.29) is 5.43 Å². The lowest BCUT2D eigenvalue weighted by Gasteiger charge is -2.03. The van der Waals surface area contributed by atoms with E-state index in [2.05, 4.69) is 15.9 Å². The molecule has 4 rings (SSSR count). The summed E-state index contributed by atoms with van der Waals surface area (Å²) in [6.07, 6.45) is 1.60. The fraction of sp³-hybridized carbons (Fsp3) is 0. The lowest BCUT2D eigenvalue weighted by molar-refractivity contribution is 0.610. The molecule has 4 aromatic rings. The molecule has 0 N–H and O–H groups in total. The fourth-order valence-electron chi connectivity index (χ4n) is 2.32. The second-order valence-corrected chi connectivity index (χ2v) is 5.13. The summed E-state index contributed by atoms with van der Waals surface area (Å²) in [6.45, 7) is 0. The third-order valence-electron chi connectivity index (χ3n) is 3.23. The van der Waals surface area contributed by atoms with Crippen LogP contribution in [0.2, 0.25) is 0 Å². The van der Waals surface area contributed by atoms with Gasteiger partial charge in [0.15, 0.2) is 11.2 Å². The summed E-state index contributed by atoms with van der Waals surface area (Å²) in [5.74, 6) is 0. The van der Waals surface area contributed by atoms with Crippen molar-refractivity contribution in [2.75, 3.05) is 0 Å². The van der Waals surface area contributed by atoms with Crippen LogP contribution in [-0.4, -0.2) is 0 Å². The molecule has 0 unspecified atom stereocenters. The van der Waals surface area contributed by atoms with Crippen LogP contribution >= 0.6 is 15.9 Å². The van der Waals surface area contributed by atoms with Crippen LogP contribution in [0.1, 0.15) is 0 Å². The first-order valence-electron chi connectivity index (χ1n) is 5.77. The van der Waals surface area contributed by atoms with Crippen LogP contribution in [-0.2, 0) is 0 Å². The van der Waals surface area contributed by atoms with Gasteiger partial charge in [-0.1, -0.05) is 12.1 Å². The van der Waals surface area contributed by atoms with E-state index < -0.39 is 0 Å². The van der Waals surface area contributed by atoms with E-state index >= 15 is 0 Å². The Balaban J connectivity index is 2.37. The summed E-state index contributed by atoms with van der Waals surface area (Å²) in [4.78, 5) is 12.5. The topological polar surface area (TPSA) is 43.4 Å². The molecule has 0 aliphatic carbocycles. The summed E-state index contributed by atoms with van der Waals surface area (Å²) >= 11 is 3.46. The van der Waals surface area contributed by atoms with Crippen molar-refractivity contribution in [3.8, 4) is 0 Å². The average Bonchev–Trinajstić information content (AvgIpc) is 2.89. The molecule has 0 saturated carbocycles. The molecule has 0 radical (unpaired) electrons. The van der Waals surface area contributed by atoms with Gasteiger partial charge in [0.25, 0.3) is 0 Å². The van der Waals surface area contributed by atoms with Gasteiger partial charge in [0.1, 0.15) is 10.1 Å². The molecule has 2 aromatic carbocycles. The van der Waals surface area contributed by atoms with E-state index in [1.165, 1.54) is 0 Å². The van der Waals surface area contributed by atoms with E-state index in [0.29, 0.717) is 32.0 Å². The minimum Gasteiger partial charge on any atom is -0.463 e. The highest BCUT2D eigenvalue weighted by Crippen LogP contribution is 2.33. The second-order valence-electron chi connectivity index (χ2n) is 4.33. The molecule has 2 heterocycles. The minimum absolute atomic E-state index is 0.0272. The molecule has 92 valence electrons. The summed E-state index contributed by atoms with van der Waals surface area (Å²) in [5, 5.41) is 2.02. The maximum Gasteiger partial charge on any atom is 0.200 e. The Morgan fingerprint density at radius 1 is 1.00 bits per heavy atom. The predicted octanol–water partition coefficient (Wildman–Crippen LogP) is 4.45. The SMILES string of the molecule is O=c1c2ccccc2oc2c(Br)c3occc3cc12. The Kier molecular flexibility index (Phi) is 2.11. The lowest BCUT2D eigenvalue weighted by Crippen LogP contribution is -2.02. The Morgan fingerprint density at radius 3 is 2.74 bits per heavy atom. The van der Waals surface area contributed by atoms with E-state index in [4.69, 9.17) is 8.83 Å². The fourth-order valence-corrected chi connectivity index (χ4v) is 2.94. The zero-order chi connectivity index (χ0) is 13.0. The van der Waals surface area contributed by atoms with Gasteiger partial charge in [-0.05, 0) is 40.2 Å². The van der Waals surface area contributed by atoms with Gasteiger partial charge in [0, 0.05) is 5.39 Å². The van der Waals surface area contributed by atoms with E-state index in [1.54, 1.807) is 24.5 Å². The zero-order valence-corrected chi connectivity index (χ0v) is 11.2. The molecule has 4 heteroatoms. The maximum absolute atomic E-state index is 12.5. The van der Waals surface area contributed by atoms with Crippen molar-refractivity contribution in [1.29, 1.82) is 0 Å². The van der Waals surface area contributed by atoms with Gasteiger partial charge in [0.05, 0.1) is 17.0 Å².